The molecule has 4 N–H and O–H groups in total. The fraction of sp³-hybridized carbons (Fsp3) is 0.519. The van der Waals surface area contributed by atoms with Crippen LogP contribution < -0.4 is 21.3 Å². The Balaban J connectivity index is 1.78. The molecule has 2 aromatic rings. The van der Waals surface area contributed by atoms with E-state index in [2.05, 4.69) is 21.3 Å². The van der Waals surface area contributed by atoms with Crippen LogP contribution in [-0.2, 0) is 19.2 Å². The summed E-state index contributed by atoms with van der Waals surface area (Å²) in [7, 11) is 0. The van der Waals surface area contributed by atoms with Crippen LogP contribution in [0.1, 0.15) is 64.4 Å². The van der Waals surface area contributed by atoms with E-state index in [9.17, 15) is 24.0 Å². The highest BCUT2D eigenvalue weighted by Gasteiger charge is 2.36. The summed E-state index contributed by atoms with van der Waals surface area (Å²) in [6, 6.07) is 6.55. The lowest BCUT2D eigenvalue weighted by molar-refractivity contribution is -0.141. The lowest BCUT2D eigenvalue weighted by Gasteiger charge is -2.26. The maximum atomic E-state index is 13.4. The number of para-hydroxylation sites is 1. The molecular weight excluding hydrogens is 476 g/mol. The molecule has 3 atom stereocenters. The van der Waals surface area contributed by atoms with Crippen molar-refractivity contribution >= 4 is 40.4 Å². The summed E-state index contributed by atoms with van der Waals surface area (Å²) in [6.07, 6.45) is 0.772. The number of hydrogen-bond donors (Lipinski definition) is 4. The second-order valence-corrected chi connectivity index (χ2v) is 10.9. The molecule has 0 unspecified atom stereocenters. The molecule has 3 rings (SSSR count). The van der Waals surface area contributed by atoms with Crippen molar-refractivity contribution in [2.75, 3.05) is 6.54 Å². The van der Waals surface area contributed by atoms with E-state index in [4.69, 9.17) is 4.42 Å². The van der Waals surface area contributed by atoms with Crippen molar-refractivity contribution in [2.45, 2.75) is 71.5 Å². The first-order valence-corrected chi connectivity index (χ1v) is 12.6. The highest BCUT2D eigenvalue weighted by atomic mass is 16.3. The fourth-order valence-corrected chi connectivity index (χ4v) is 4.24. The average Bonchev–Trinajstić information content (AvgIpc) is 3.42. The number of carbonyl (C=O) groups is 5. The third-order valence-electron chi connectivity index (χ3n) is 6.01. The van der Waals surface area contributed by atoms with Gasteiger partial charge in [-0.15, -0.1) is 0 Å². The molecule has 1 aromatic heterocycles. The molecule has 37 heavy (non-hydrogen) atoms. The normalized spacial score (nSPS) is 17.2. The van der Waals surface area contributed by atoms with Gasteiger partial charge in [0, 0.05) is 23.4 Å². The number of furan rings is 1. The summed E-state index contributed by atoms with van der Waals surface area (Å²) in [5, 5.41) is 11.4. The summed E-state index contributed by atoms with van der Waals surface area (Å²) < 4.78 is 5.62. The van der Waals surface area contributed by atoms with E-state index >= 15 is 0 Å². The number of benzene rings is 1. The van der Waals surface area contributed by atoms with Crippen molar-refractivity contribution < 1.29 is 28.4 Å². The van der Waals surface area contributed by atoms with Gasteiger partial charge in [-0.25, -0.2) is 0 Å². The lowest BCUT2D eigenvalue weighted by atomic mass is 9.94. The van der Waals surface area contributed by atoms with Crippen LogP contribution in [0.4, 0.5) is 0 Å². The van der Waals surface area contributed by atoms with Crippen molar-refractivity contribution in [3.63, 3.8) is 0 Å². The molecule has 4 amide bonds. The monoisotopic (exact) mass is 512 g/mol. The third-order valence-corrected chi connectivity index (χ3v) is 6.01. The van der Waals surface area contributed by atoms with Crippen molar-refractivity contribution in [1.29, 1.82) is 0 Å². The number of rotatable bonds is 10. The maximum Gasteiger partial charge on any atom is 0.290 e. The van der Waals surface area contributed by atoms with E-state index < -0.39 is 47.0 Å². The Hall–Kier alpha value is -3.69. The van der Waals surface area contributed by atoms with Crippen LogP contribution in [0.5, 0.6) is 0 Å². The van der Waals surface area contributed by atoms with Crippen molar-refractivity contribution in [2.24, 2.45) is 11.8 Å². The first-order valence-electron chi connectivity index (χ1n) is 12.6. The molecule has 0 spiro atoms. The van der Waals surface area contributed by atoms with Gasteiger partial charge in [0.1, 0.15) is 11.6 Å². The summed E-state index contributed by atoms with van der Waals surface area (Å²) in [5.41, 5.74) is -0.116. The Morgan fingerprint density at radius 2 is 1.78 bits per heavy atom. The summed E-state index contributed by atoms with van der Waals surface area (Å²) in [6.45, 7) is 9.48. The van der Waals surface area contributed by atoms with Crippen molar-refractivity contribution in [3.05, 3.63) is 36.1 Å². The minimum atomic E-state index is -1.22. The molecule has 0 radical (unpaired) electrons. The minimum Gasteiger partial charge on any atom is -0.451 e. The number of hydrogen-bond acceptors (Lipinski definition) is 6. The number of ketones is 1. The van der Waals surface area contributed by atoms with Crippen molar-refractivity contribution in [3.8, 4) is 0 Å². The first-order chi connectivity index (χ1) is 17.3. The lowest BCUT2D eigenvalue weighted by Crippen LogP contribution is -2.56. The quantitative estimate of drug-likeness (QED) is 0.359. The number of nitrogens with one attached hydrogen (secondary N) is 4. The summed E-state index contributed by atoms with van der Waals surface area (Å²) in [5.74, 6) is -3.50. The Labute approximate surface area is 216 Å². The van der Waals surface area contributed by atoms with Gasteiger partial charge in [0.15, 0.2) is 5.76 Å². The van der Waals surface area contributed by atoms with Crippen LogP contribution in [-0.4, -0.2) is 53.6 Å². The number of carbonyl (C=O) groups excluding carboxylic acids is 5. The smallest absolute Gasteiger partial charge is 0.290 e. The second kappa shape index (κ2) is 11.6. The molecule has 200 valence electrons. The summed E-state index contributed by atoms with van der Waals surface area (Å²) in [4.78, 5) is 64.2. The van der Waals surface area contributed by atoms with Crippen molar-refractivity contribution in [1.82, 2.24) is 21.3 Å². The zero-order valence-corrected chi connectivity index (χ0v) is 22.0. The Bertz CT molecular complexity index is 1150. The molecule has 1 saturated heterocycles. The molecule has 0 saturated carbocycles. The predicted molar refractivity (Wildman–Crippen MR) is 137 cm³/mol. The van der Waals surface area contributed by atoms with Crippen LogP contribution in [0.15, 0.2) is 34.7 Å². The maximum absolute atomic E-state index is 13.4. The molecule has 1 fully saturated rings. The molecule has 0 aliphatic carbocycles. The van der Waals surface area contributed by atoms with Crippen LogP contribution in [0.3, 0.4) is 0 Å². The number of Topliss-reactive ketones (excluding diaryl/α,β-unsaturated/α-hetero) is 1. The summed E-state index contributed by atoms with van der Waals surface area (Å²) >= 11 is 0. The van der Waals surface area contributed by atoms with E-state index in [0.29, 0.717) is 18.5 Å². The van der Waals surface area contributed by atoms with Gasteiger partial charge in [-0.05, 0) is 58.1 Å². The van der Waals surface area contributed by atoms with E-state index in [0.717, 1.165) is 5.39 Å². The van der Waals surface area contributed by atoms with Gasteiger partial charge in [-0.2, -0.15) is 0 Å². The molecular formula is C27H36N4O6. The van der Waals surface area contributed by atoms with E-state index in [-0.39, 0.29) is 30.4 Å². The molecule has 10 heteroatoms. The van der Waals surface area contributed by atoms with Gasteiger partial charge < -0.3 is 25.7 Å². The fourth-order valence-electron chi connectivity index (χ4n) is 4.24. The van der Waals surface area contributed by atoms with Crippen LogP contribution in [0, 0.1) is 11.8 Å². The topological polar surface area (TPSA) is 147 Å². The standard InChI is InChI=1S/C27H36N4O6/c1-15(2)12-19(30-25(35)21-14-16-8-6-7-9-20(16)37-21)24(34)29-18(13-17-10-11-28-23(17)33)22(32)26(36)31-27(3,4)5/h6-9,14-15,17-19H,10-13H2,1-5H3,(H,28,33)(H,29,34)(H,30,35)(H,31,36)/t17-,18-,19-/m0/s1. The molecule has 2 heterocycles. The van der Waals surface area contributed by atoms with Gasteiger partial charge in [-0.1, -0.05) is 32.0 Å². The SMILES string of the molecule is CC(C)C[C@H](NC(=O)c1cc2ccccc2o1)C(=O)N[C@@H](C[C@@H]1CCNC1=O)C(=O)C(=O)NC(C)(C)C. The van der Waals surface area contributed by atoms with Gasteiger partial charge >= 0.3 is 0 Å². The zero-order valence-electron chi connectivity index (χ0n) is 22.0. The molecule has 1 aliphatic heterocycles. The molecule has 10 nitrogen and oxygen atoms in total. The molecule has 1 aromatic carbocycles. The van der Waals surface area contributed by atoms with Gasteiger partial charge in [0.05, 0.1) is 6.04 Å². The Kier molecular flexibility index (Phi) is 8.73. The number of amides is 4. The van der Waals surface area contributed by atoms with Gasteiger partial charge in [0.25, 0.3) is 11.8 Å². The number of fused-ring (bicyclic) bond motifs is 1. The third kappa shape index (κ3) is 7.65. The highest BCUT2D eigenvalue weighted by molar-refractivity contribution is 6.38. The second-order valence-electron chi connectivity index (χ2n) is 10.9. The van der Waals surface area contributed by atoms with Gasteiger partial charge in [0.2, 0.25) is 17.6 Å². The Morgan fingerprint density at radius 1 is 1.08 bits per heavy atom. The van der Waals surface area contributed by atoms with E-state index in [1.54, 1.807) is 39.0 Å². The Morgan fingerprint density at radius 3 is 2.38 bits per heavy atom. The van der Waals surface area contributed by atoms with E-state index in [1.807, 2.05) is 26.0 Å². The largest absolute Gasteiger partial charge is 0.451 e. The van der Waals surface area contributed by atoms with E-state index in [1.165, 1.54) is 0 Å². The van der Waals surface area contributed by atoms with Gasteiger partial charge in [-0.3, -0.25) is 24.0 Å². The van der Waals surface area contributed by atoms with Crippen LogP contribution in [0.2, 0.25) is 0 Å². The van der Waals surface area contributed by atoms with Crippen LogP contribution in [0.25, 0.3) is 11.0 Å². The average molecular weight is 513 g/mol. The highest BCUT2D eigenvalue weighted by Crippen LogP contribution is 2.20. The molecule has 1 aliphatic rings. The van der Waals surface area contributed by atoms with Crippen LogP contribution >= 0.6 is 0 Å². The first kappa shape index (κ1) is 27.9. The predicted octanol–water partition coefficient (Wildman–Crippen LogP) is 2.07. The minimum absolute atomic E-state index is 0.0140. The zero-order chi connectivity index (χ0) is 27.3. The molecule has 0 bridgehead atoms.